The van der Waals surface area contributed by atoms with Crippen LogP contribution in [0, 0.1) is 15.5 Å². The van der Waals surface area contributed by atoms with Crippen molar-refractivity contribution in [1.82, 2.24) is 4.90 Å². The van der Waals surface area contributed by atoms with Gasteiger partial charge in [0.2, 0.25) is 11.8 Å². The van der Waals surface area contributed by atoms with Gasteiger partial charge in [-0.1, -0.05) is 31.4 Å². The van der Waals surface area contributed by atoms with E-state index >= 15 is 0 Å². The minimum atomic E-state index is -0.476. The summed E-state index contributed by atoms with van der Waals surface area (Å²) >= 11 is 0. The van der Waals surface area contributed by atoms with Crippen molar-refractivity contribution in [3.8, 4) is 0 Å². The second-order valence-corrected chi connectivity index (χ2v) is 6.23. The number of carbonyl (C=O) groups excluding carboxylic acids is 2. The van der Waals surface area contributed by atoms with E-state index in [2.05, 4.69) is 0 Å². The predicted molar refractivity (Wildman–Crippen MR) is 78.8 cm³/mol. The Morgan fingerprint density at radius 3 is 2.32 bits per heavy atom. The molecule has 0 radical (unpaired) electrons. The van der Waals surface area contributed by atoms with Gasteiger partial charge >= 0.3 is 0 Å². The Bertz CT molecular complexity index is 618. The first-order valence-electron chi connectivity index (χ1n) is 7.60. The van der Waals surface area contributed by atoms with Crippen LogP contribution in [-0.2, 0) is 16.1 Å². The van der Waals surface area contributed by atoms with Crippen LogP contribution in [0.4, 0.5) is 5.69 Å². The number of rotatable bonds is 3. The van der Waals surface area contributed by atoms with Gasteiger partial charge in [-0.15, -0.1) is 0 Å². The smallest absolute Gasteiger partial charge is 0.269 e. The highest BCUT2D eigenvalue weighted by molar-refractivity contribution is 6.05. The molecule has 6 nitrogen and oxygen atoms in total. The number of hydrogen-bond acceptors (Lipinski definition) is 4. The summed E-state index contributed by atoms with van der Waals surface area (Å²) in [5.41, 5.74) is 0.266. The van der Waals surface area contributed by atoms with E-state index < -0.39 is 10.3 Å². The molecule has 1 saturated heterocycles. The van der Waals surface area contributed by atoms with Crippen molar-refractivity contribution in [1.29, 1.82) is 0 Å². The van der Waals surface area contributed by atoms with E-state index in [1.165, 1.54) is 17.0 Å². The molecular formula is C16H18N2O4. The second kappa shape index (κ2) is 5.51. The average molecular weight is 302 g/mol. The van der Waals surface area contributed by atoms with Crippen LogP contribution in [0.1, 0.15) is 44.1 Å². The highest BCUT2D eigenvalue weighted by Gasteiger charge is 2.51. The summed E-state index contributed by atoms with van der Waals surface area (Å²) in [6, 6.07) is 6.00. The zero-order chi connectivity index (χ0) is 15.7. The van der Waals surface area contributed by atoms with Crippen molar-refractivity contribution < 1.29 is 14.5 Å². The number of amides is 2. The van der Waals surface area contributed by atoms with Gasteiger partial charge in [0.1, 0.15) is 0 Å². The molecule has 2 aliphatic rings. The lowest BCUT2D eigenvalue weighted by atomic mass is 9.73. The quantitative estimate of drug-likeness (QED) is 0.488. The maximum Gasteiger partial charge on any atom is 0.269 e. The van der Waals surface area contributed by atoms with Gasteiger partial charge in [-0.05, 0) is 18.4 Å². The first-order chi connectivity index (χ1) is 10.5. The normalized spacial score (nSPS) is 20.6. The number of carbonyl (C=O) groups is 2. The van der Waals surface area contributed by atoms with Crippen molar-refractivity contribution in [2.24, 2.45) is 5.41 Å². The Balaban J connectivity index is 1.76. The van der Waals surface area contributed by atoms with Gasteiger partial charge in [-0.2, -0.15) is 0 Å². The third-order valence-corrected chi connectivity index (χ3v) is 4.79. The lowest BCUT2D eigenvalue weighted by molar-refractivity contribution is -0.384. The second-order valence-electron chi connectivity index (χ2n) is 6.23. The zero-order valence-corrected chi connectivity index (χ0v) is 12.3. The van der Waals surface area contributed by atoms with Crippen molar-refractivity contribution in [2.75, 3.05) is 0 Å². The van der Waals surface area contributed by atoms with Crippen LogP contribution in [0.5, 0.6) is 0 Å². The Morgan fingerprint density at radius 1 is 1.09 bits per heavy atom. The highest BCUT2D eigenvalue weighted by Crippen LogP contribution is 2.45. The molecule has 0 atom stereocenters. The molecule has 0 unspecified atom stereocenters. The highest BCUT2D eigenvalue weighted by atomic mass is 16.6. The van der Waals surface area contributed by atoms with Gasteiger partial charge in [-0.25, -0.2) is 0 Å². The van der Waals surface area contributed by atoms with Gasteiger partial charge in [0.05, 0.1) is 16.9 Å². The van der Waals surface area contributed by atoms with E-state index in [-0.39, 0.29) is 24.0 Å². The van der Waals surface area contributed by atoms with E-state index in [1.807, 2.05) is 0 Å². The SMILES string of the molecule is O=C1CC2(CCCCC2)C(=O)N1Cc1ccc([N+](=O)[O-])cc1. The minimum Gasteiger partial charge on any atom is -0.278 e. The summed E-state index contributed by atoms with van der Waals surface area (Å²) in [5, 5.41) is 10.7. The molecule has 116 valence electrons. The molecule has 0 N–H and O–H groups in total. The lowest BCUT2D eigenvalue weighted by Gasteiger charge is -2.30. The molecular weight excluding hydrogens is 284 g/mol. The molecule has 1 aliphatic heterocycles. The first-order valence-corrected chi connectivity index (χ1v) is 7.60. The maximum atomic E-state index is 12.7. The fraction of sp³-hybridized carbons (Fsp3) is 0.500. The zero-order valence-electron chi connectivity index (χ0n) is 12.3. The summed E-state index contributed by atoms with van der Waals surface area (Å²) in [5.74, 6) is -0.180. The number of non-ortho nitro benzene ring substituents is 1. The molecule has 1 heterocycles. The van der Waals surface area contributed by atoms with E-state index in [9.17, 15) is 19.7 Å². The number of imide groups is 1. The van der Waals surface area contributed by atoms with Crippen molar-refractivity contribution in [2.45, 2.75) is 45.1 Å². The molecule has 1 saturated carbocycles. The van der Waals surface area contributed by atoms with Gasteiger partial charge < -0.3 is 0 Å². The Labute approximate surface area is 128 Å². The van der Waals surface area contributed by atoms with E-state index in [1.54, 1.807) is 12.1 Å². The molecule has 2 fully saturated rings. The number of nitro benzene ring substituents is 1. The van der Waals surface area contributed by atoms with Crippen LogP contribution in [0.15, 0.2) is 24.3 Å². The van der Waals surface area contributed by atoms with Crippen LogP contribution in [0.25, 0.3) is 0 Å². The third kappa shape index (κ3) is 2.49. The van der Waals surface area contributed by atoms with Crippen molar-refractivity contribution >= 4 is 17.5 Å². The fourth-order valence-corrected chi connectivity index (χ4v) is 3.54. The lowest BCUT2D eigenvalue weighted by Crippen LogP contribution is -2.36. The Hall–Kier alpha value is -2.24. The molecule has 0 aromatic heterocycles. The molecule has 0 bridgehead atoms. The molecule has 1 aliphatic carbocycles. The van der Waals surface area contributed by atoms with Crippen LogP contribution in [-0.4, -0.2) is 21.6 Å². The summed E-state index contributed by atoms with van der Waals surface area (Å²) in [6.07, 6.45) is 5.06. The largest absolute Gasteiger partial charge is 0.278 e. The minimum absolute atomic E-state index is 0.00609. The number of nitrogens with zero attached hydrogens (tertiary/aromatic N) is 2. The van der Waals surface area contributed by atoms with Crippen LogP contribution >= 0.6 is 0 Å². The molecule has 2 amide bonds. The molecule has 1 spiro atoms. The van der Waals surface area contributed by atoms with E-state index in [4.69, 9.17) is 0 Å². The van der Waals surface area contributed by atoms with Crippen molar-refractivity contribution in [3.05, 3.63) is 39.9 Å². The summed E-state index contributed by atoms with van der Waals surface area (Å²) in [7, 11) is 0. The number of hydrogen-bond donors (Lipinski definition) is 0. The maximum absolute atomic E-state index is 12.7. The van der Waals surface area contributed by atoms with E-state index in [0.717, 1.165) is 37.7 Å². The molecule has 3 rings (SSSR count). The van der Waals surface area contributed by atoms with Crippen LogP contribution < -0.4 is 0 Å². The van der Waals surface area contributed by atoms with Gasteiger partial charge in [0, 0.05) is 18.6 Å². The van der Waals surface area contributed by atoms with Gasteiger partial charge in [-0.3, -0.25) is 24.6 Å². The number of benzene rings is 1. The molecule has 6 heteroatoms. The summed E-state index contributed by atoms with van der Waals surface area (Å²) in [4.78, 5) is 36.4. The average Bonchev–Trinajstić information content (AvgIpc) is 2.73. The standard InChI is InChI=1S/C16H18N2O4/c19-14-10-16(8-2-1-3-9-16)15(20)17(14)11-12-4-6-13(7-5-12)18(21)22/h4-7H,1-3,8-11H2. The molecule has 1 aromatic rings. The summed E-state index contributed by atoms with van der Waals surface area (Å²) < 4.78 is 0. The Morgan fingerprint density at radius 2 is 1.73 bits per heavy atom. The van der Waals surface area contributed by atoms with Crippen molar-refractivity contribution in [3.63, 3.8) is 0 Å². The number of likely N-dealkylation sites (tertiary alicyclic amines) is 1. The van der Waals surface area contributed by atoms with E-state index in [0.29, 0.717) is 6.42 Å². The number of nitro groups is 1. The topological polar surface area (TPSA) is 80.5 Å². The summed E-state index contributed by atoms with van der Waals surface area (Å²) in [6.45, 7) is 0.206. The molecule has 1 aromatic carbocycles. The first kappa shape index (κ1) is 14.7. The fourth-order valence-electron chi connectivity index (χ4n) is 3.54. The van der Waals surface area contributed by atoms with Gasteiger partial charge in [0.25, 0.3) is 5.69 Å². The van der Waals surface area contributed by atoms with Gasteiger partial charge in [0.15, 0.2) is 0 Å². The Kier molecular flexibility index (Phi) is 3.68. The predicted octanol–water partition coefficient (Wildman–Crippen LogP) is 2.80. The third-order valence-electron chi connectivity index (χ3n) is 4.79. The molecule has 22 heavy (non-hydrogen) atoms. The van der Waals surface area contributed by atoms with Crippen LogP contribution in [0.3, 0.4) is 0 Å². The van der Waals surface area contributed by atoms with Crippen LogP contribution in [0.2, 0.25) is 0 Å². The monoisotopic (exact) mass is 302 g/mol.